The second-order valence-electron chi connectivity index (χ2n) is 6.75. The maximum atomic E-state index is 13.1. The summed E-state index contributed by atoms with van der Waals surface area (Å²) in [5.74, 6) is 1.06. The molecule has 2 aliphatic rings. The summed E-state index contributed by atoms with van der Waals surface area (Å²) in [6.07, 6.45) is 6.27. The van der Waals surface area contributed by atoms with Crippen LogP contribution in [0.5, 0.6) is 11.5 Å². The van der Waals surface area contributed by atoms with Crippen LogP contribution in [0.15, 0.2) is 53.7 Å². The smallest absolute Gasteiger partial charge is 0.243 e. The summed E-state index contributed by atoms with van der Waals surface area (Å²) in [5, 5.41) is 1.05. The Labute approximate surface area is 162 Å². The fourth-order valence-corrected chi connectivity index (χ4v) is 5.08. The first-order valence-electron chi connectivity index (χ1n) is 9.14. The summed E-state index contributed by atoms with van der Waals surface area (Å²) >= 11 is 0. The second kappa shape index (κ2) is 6.65. The number of hydrogen-bond acceptors (Lipinski definition) is 5. The topological polar surface area (TPSA) is 84.5 Å². The van der Waals surface area contributed by atoms with Crippen LogP contribution in [0.3, 0.4) is 0 Å². The Kier molecular flexibility index (Phi) is 4.10. The van der Waals surface area contributed by atoms with E-state index in [9.17, 15) is 8.42 Å². The molecule has 7 nitrogen and oxygen atoms in total. The molecule has 0 aliphatic carbocycles. The Balaban J connectivity index is 1.42. The van der Waals surface area contributed by atoms with Crippen LogP contribution in [0.4, 0.5) is 0 Å². The van der Waals surface area contributed by atoms with Gasteiger partial charge in [-0.1, -0.05) is 6.08 Å². The predicted molar refractivity (Wildman–Crippen MR) is 105 cm³/mol. The highest BCUT2D eigenvalue weighted by Crippen LogP contribution is 2.34. The Bertz CT molecular complexity index is 1180. The number of pyridine rings is 1. The van der Waals surface area contributed by atoms with Crippen LogP contribution >= 0.6 is 0 Å². The van der Waals surface area contributed by atoms with Gasteiger partial charge in [0.1, 0.15) is 18.9 Å². The fraction of sp³-hybridized carbons (Fsp3) is 0.250. The van der Waals surface area contributed by atoms with E-state index in [0.717, 1.165) is 22.2 Å². The number of rotatable bonds is 3. The van der Waals surface area contributed by atoms with Crippen LogP contribution < -0.4 is 9.47 Å². The number of nitrogens with zero attached hydrogens (tertiary/aromatic N) is 2. The monoisotopic (exact) mass is 397 g/mol. The number of sulfonamides is 1. The van der Waals surface area contributed by atoms with E-state index >= 15 is 0 Å². The first-order valence-corrected chi connectivity index (χ1v) is 10.6. The third-order valence-electron chi connectivity index (χ3n) is 5.13. The summed E-state index contributed by atoms with van der Waals surface area (Å²) < 4.78 is 38.6. The molecule has 0 radical (unpaired) electrons. The molecule has 144 valence electrons. The molecular formula is C20H19N3O4S. The van der Waals surface area contributed by atoms with Crippen LogP contribution in [0.1, 0.15) is 12.0 Å². The minimum Gasteiger partial charge on any atom is -0.486 e. The molecule has 0 bridgehead atoms. The summed E-state index contributed by atoms with van der Waals surface area (Å²) in [4.78, 5) is 7.65. The van der Waals surface area contributed by atoms with Crippen molar-refractivity contribution in [3.63, 3.8) is 0 Å². The molecule has 28 heavy (non-hydrogen) atoms. The van der Waals surface area contributed by atoms with E-state index in [1.54, 1.807) is 24.4 Å². The van der Waals surface area contributed by atoms with Crippen molar-refractivity contribution in [1.29, 1.82) is 0 Å². The number of aromatic nitrogens is 2. The van der Waals surface area contributed by atoms with Crippen molar-refractivity contribution in [3.8, 4) is 11.5 Å². The molecule has 0 unspecified atom stereocenters. The van der Waals surface area contributed by atoms with Crippen molar-refractivity contribution in [2.45, 2.75) is 11.3 Å². The largest absolute Gasteiger partial charge is 0.486 e. The highest BCUT2D eigenvalue weighted by molar-refractivity contribution is 7.89. The minimum absolute atomic E-state index is 0.227. The minimum atomic E-state index is -3.60. The summed E-state index contributed by atoms with van der Waals surface area (Å²) in [6, 6.07) is 8.76. The standard InChI is InChI=1S/C20H19N3O4S/c24-28(25,15-1-2-18-19(13-15)27-12-11-26-18)23-9-5-14(6-10-23)16-3-7-21-20-17(16)4-8-22-20/h1-5,7-8,13H,6,9-12H2,(H,21,22). The molecule has 0 atom stereocenters. The molecule has 1 N–H and O–H groups in total. The van der Waals surface area contributed by atoms with Gasteiger partial charge in [-0.05, 0) is 41.8 Å². The van der Waals surface area contributed by atoms with Crippen LogP contribution in [-0.4, -0.2) is 49.0 Å². The van der Waals surface area contributed by atoms with Gasteiger partial charge in [0.05, 0.1) is 4.90 Å². The van der Waals surface area contributed by atoms with E-state index in [1.165, 1.54) is 4.31 Å². The van der Waals surface area contributed by atoms with Crippen molar-refractivity contribution in [2.24, 2.45) is 0 Å². The molecule has 0 amide bonds. The molecular weight excluding hydrogens is 378 g/mol. The van der Waals surface area contributed by atoms with Gasteiger partial charge in [-0.25, -0.2) is 13.4 Å². The van der Waals surface area contributed by atoms with Gasteiger partial charge in [0.2, 0.25) is 10.0 Å². The molecule has 2 aliphatic heterocycles. The highest BCUT2D eigenvalue weighted by Gasteiger charge is 2.28. The number of benzene rings is 1. The molecule has 8 heteroatoms. The average molecular weight is 397 g/mol. The van der Waals surface area contributed by atoms with E-state index in [2.05, 4.69) is 9.97 Å². The number of H-pyrrole nitrogens is 1. The van der Waals surface area contributed by atoms with E-state index in [0.29, 0.717) is 44.2 Å². The van der Waals surface area contributed by atoms with Crippen molar-refractivity contribution in [1.82, 2.24) is 14.3 Å². The fourth-order valence-electron chi connectivity index (χ4n) is 3.69. The molecule has 2 aromatic heterocycles. The molecule has 0 saturated carbocycles. The van der Waals surface area contributed by atoms with Crippen molar-refractivity contribution in [2.75, 3.05) is 26.3 Å². The number of aromatic amines is 1. The predicted octanol–water partition coefficient (Wildman–Crippen LogP) is 2.81. The van der Waals surface area contributed by atoms with E-state index in [-0.39, 0.29) is 4.90 Å². The van der Waals surface area contributed by atoms with Crippen LogP contribution in [0.25, 0.3) is 16.6 Å². The first-order chi connectivity index (χ1) is 13.6. The maximum Gasteiger partial charge on any atom is 0.243 e. The Morgan fingerprint density at radius 3 is 2.75 bits per heavy atom. The van der Waals surface area contributed by atoms with Gasteiger partial charge in [-0.2, -0.15) is 4.31 Å². The lowest BCUT2D eigenvalue weighted by Crippen LogP contribution is -2.34. The SMILES string of the molecule is O=S(=O)(c1ccc2c(c1)OCCO2)N1CC=C(c2ccnc3[nH]ccc23)CC1. The number of ether oxygens (including phenoxy) is 2. The second-order valence-corrected chi connectivity index (χ2v) is 8.68. The number of fused-ring (bicyclic) bond motifs is 2. The van der Waals surface area contributed by atoms with Gasteiger partial charge in [0.15, 0.2) is 11.5 Å². The molecule has 5 rings (SSSR count). The van der Waals surface area contributed by atoms with E-state index in [1.807, 2.05) is 24.4 Å². The summed E-state index contributed by atoms with van der Waals surface area (Å²) in [7, 11) is -3.60. The summed E-state index contributed by atoms with van der Waals surface area (Å²) in [6.45, 7) is 1.66. The van der Waals surface area contributed by atoms with Gasteiger partial charge in [0, 0.05) is 36.9 Å². The van der Waals surface area contributed by atoms with Gasteiger partial charge >= 0.3 is 0 Å². The van der Waals surface area contributed by atoms with Gasteiger partial charge in [-0.3, -0.25) is 0 Å². The average Bonchev–Trinajstić information content (AvgIpc) is 3.22. The van der Waals surface area contributed by atoms with E-state index in [4.69, 9.17) is 9.47 Å². The van der Waals surface area contributed by atoms with Gasteiger partial charge in [-0.15, -0.1) is 0 Å². The Morgan fingerprint density at radius 1 is 1.07 bits per heavy atom. The quantitative estimate of drug-likeness (QED) is 0.735. The zero-order chi connectivity index (χ0) is 19.1. The van der Waals surface area contributed by atoms with Gasteiger partial charge < -0.3 is 14.5 Å². The Hall–Kier alpha value is -2.84. The van der Waals surface area contributed by atoms with Crippen molar-refractivity contribution < 1.29 is 17.9 Å². The lowest BCUT2D eigenvalue weighted by atomic mass is 9.99. The van der Waals surface area contributed by atoms with Crippen molar-refractivity contribution in [3.05, 3.63) is 54.4 Å². The highest BCUT2D eigenvalue weighted by atomic mass is 32.2. The van der Waals surface area contributed by atoms with Crippen LogP contribution in [-0.2, 0) is 10.0 Å². The molecule has 1 aromatic carbocycles. The third kappa shape index (κ3) is 2.85. The van der Waals surface area contributed by atoms with Crippen molar-refractivity contribution >= 4 is 26.6 Å². The zero-order valence-electron chi connectivity index (χ0n) is 15.1. The number of nitrogens with one attached hydrogen (secondary N) is 1. The third-order valence-corrected chi connectivity index (χ3v) is 6.99. The lowest BCUT2D eigenvalue weighted by molar-refractivity contribution is 0.171. The lowest BCUT2D eigenvalue weighted by Gasteiger charge is -2.27. The molecule has 0 saturated heterocycles. The van der Waals surface area contributed by atoms with Crippen LogP contribution in [0, 0.1) is 0 Å². The molecule has 0 spiro atoms. The first kappa shape index (κ1) is 17.3. The molecule has 3 aromatic rings. The van der Waals surface area contributed by atoms with Crippen LogP contribution in [0.2, 0.25) is 0 Å². The summed E-state index contributed by atoms with van der Waals surface area (Å²) in [5.41, 5.74) is 3.08. The van der Waals surface area contributed by atoms with Gasteiger partial charge in [0.25, 0.3) is 0 Å². The molecule has 0 fully saturated rings. The zero-order valence-corrected chi connectivity index (χ0v) is 15.9. The van der Waals surface area contributed by atoms with E-state index < -0.39 is 10.0 Å². The molecule has 4 heterocycles. The maximum absolute atomic E-state index is 13.1. The number of hydrogen-bond donors (Lipinski definition) is 1. The normalized spacial score (nSPS) is 17.5. The Morgan fingerprint density at radius 2 is 1.93 bits per heavy atom.